The summed E-state index contributed by atoms with van der Waals surface area (Å²) in [6.07, 6.45) is 1.75. The molecule has 3 atom stereocenters. The van der Waals surface area contributed by atoms with Gasteiger partial charge in [0.25, 0.3) is 5.79 Å². The van der Waals surface area contributed by atoms with Crippen LogP contribution in [0, 0.1) is 6.92 Å². The fraction of sp³-hybridized carbons (Fsp3) is 0.278. The second-order valence-corrected chi connectivity index (χ2v) is 11.4. The van der Waals surface area contributed by atoms with Crippen molar-refractivity contribution >= 4 is 11.9 Å². The molecule has 7 rings (SSSR count). The summed E-state index contributed by atoms with van der Waals surface area (Å²) in [6, 6.07) is 23.5. The van der Waals surface area contributed by atoms with Crippen LogP contribution in [0.25, 0.3) is 0 Å². The molecule has 3 heterocycles. The standard InChI is InChI=1S/C36H32O8/c1-20-28(40-21(2)37)17-30-32(34(20)41-22(3)38)26-19-36(43-30,24-13-9-6-10-14-24)44-31-18-29(39-4)25-15-16-27(42-35(25)33(26)31)23-11-7-5-8-12-23/h5-14,17-18,26-27H,15-16,19H2,1-4H3. The number of methoxy groups -OCH3 is 1. The molecule has 4 aromatic carbocycles. The van der Waals surface area contributed by atoms with Crippen molar-refractivity contribution in [3.63, 3.8) is 0 Å². The molecule has 44 heavy (non-hydrogen) atoms. The second kappa shape index (κ2) is 10.6. The molecule has 3 aliphatic heterocycles. The highest BCUT2D eigenvalue weighted by atomic mass is 16.7. The first-order chi connectivity index (χ1) is 21.3. The number of fused-ring (bicyclic) bond motifs is 8. The van der Waals surface area contributed by atoms with Gasteiger partial charge in [0.1, 0.15) is 40.6 Å². The fourth-order valence-corrected chi connectivity index (χ4v) is 6.70. The molecule has 0 aromatic heterocycles. The van der Waals surface area contributed by atoms with Crippen molar-refractivity contribution in [2.24, 2.45) is 0 Å². The summed E-state index contributed by atoms with van der Waals surface area (Å²) in [5, 5.41) is 0. The molecule has 3 aliphatic rings. The SMILES string of the molecule is COc1cc2c(c3c1CCC(c1ccccc1)O3)C1CC(c3ccccc3)(Oc3cc(OC(C)=O)c(C)c(OC(C)=O)c31)O2. The van der Waals surface area contributed by atoms with E-state index in [1.54, 1.807) is 20.1 Å². The van der Waals surface area contributed by atoms with Crippen LogP contribution in [0.15, 0.2) is 72.8 Å². The van der Waals surface area contributed by atoms with E-state index >= 15 is 0 Å². The van der Waals surface area contributed by atoms with Crippen LogP contribution in [0.5, 0.6) is 34.5 Å². The zero-order valence-corrected chi connectivity index (χ0v) is 25.0. The Morgan fingerprint density at radius 2 is 1.48 bits per heavy atom. The molecule has 0 N–H and O–H groups in total. The normalized spacial score (nSPS) is 20.8. The Kier molecular flexibility index (Phi) is 6.72. The van der Waals surface area contributed by atoms with Crippen molar-refractivity contribution in [2.45, 2.75) is 57.8 Å². The van der Waals surface area contributed by atoms with Crippen molar-refractivity contribution < 1.29 is 38.0 Å². The number of hydrogen-bond donors (Lipinski definition) is 0. The van der Waals surface area contributed by atoms with Crippen LogP contribution < -0.4 is 28.4 Å². The van der Waals surface area contributed by atoms with Gasteiger partial charge < -0.3 is 28.4 Å². The first-order valence-corrected chi connectivity index (χ1v) is 14.7. The maximum atomic E-state index is 12.5. The van der Waals surface area contributed by atoms with Crippen molar-refractivity contribution in [3.8, 4) is 34.5 Å². The van der Waals surface area contributed by atoms with Gasteiger partial charge >= 0.3 is 11.9 Å². The zero-order chi connectivity index (χ0) is 30.6. The lowest BCUT2D eigenvalue weighted by Crippen LogP contribution is -2.47. The number of carbonyl (C=O) groups excluding carboxylic acids is 2. The van der Waals surface area contributed by atoms with E-state index in [9.17, 15) is 9.59 Å². The molecule has 8 heteroatoms. The van der Waals surface area contributed by atoms with Crippen LogP contribution in [0.1, 0.15) is 72.1 Å². The van der Waals surface area contributed by atoms with Gasteiger partial charge in [0.15, 0.2) is 0 Å². The molecule has 0 amide bonds. The maximum absolute atomic E-state index is 12.5. The van der Waals surface area contributed by atoms with Crippen LogP contribution in [-0.2, 0) is 21.8 Å². The lowest BCUT2D eigenvalue weighted by Gasteiger charge is -2.48. The second-order valence-electron chi connectivity index (χ2n) is 11.4. The third-order valence-corrected chi connectivity index (χ3v) is 8.57. The average Bonchev–Trinajstić information content (AvgIpc) is 3.02. The molecule has 0 spiro atoms. The molecule has 0 saturated heterocycles. The maximum Gasteiger partial charge on any atom is 0.308 e. The summed E-state index contributed by atoms with van der Waals surface area (Å²) in [5.41, 5.74) is 4.88. The zero-order valence-electron chi connectivity index (χ0n) is 25.0. The smallest absolute Gasteiger partial charge is 0.308 e. The van der Waals surface area contributed by atoms with Gasteiger partial charge in [-0.25, -0.2) is 0 Å². The molecular weight excluding hydrogens is 560 g/mol. The number of ether oxygens (including phenoxy) is 6. The molecule has 8 nitrogen and oxygen atoms in total. The third kappa shape index (κ3) is 4.53. The van der Waals surface area contributed by atoms with Gasteiger partial charge in [0.05, 0.1) is 7.11 Å². The Morgan fingerprint density at radius 3 is 2.14 bits per heavy atom. The highest BCUT2D eigenvalue weighted by Crippen LogP contribution is 2.62. The topological polar surface area (TPSA) is 89.5 Å². The lowest BCUT2D eigenvalue weighted by atomic mass is 9.76. The number of rotatable bonds is 5. The molecule has 224 valence electrons. The Labute approximate surface area is 255 Å². The molecule has 0 fully saturated rings. The van der Waals surface area contributed by atoms with E-state index in [0.29, 0.717) is 46.3 Å². The van der Waals surface area contributed by atoms with E-state index in [1.807, 2.05) is 54.6 Å². The molecule has 0 saturated carbocycles. The minimum absolute atomic E-state index is 0.166. The molecule has 3 unspecified atom stereocenters. The van der Waals surface area contributed by atoms with Crippen molar-refractivity contribution in [1.29, 1.82) is 0 Å². The van der Waals surface area contributed by atoms with Crippen LogP contribution in [0.2, 0.25) is 0 Å². The fourth-order valence-electron chi connectivity index (χ4n) is 6.70. The highest BCUT2D eigenvalue weighted by Gasteiger charge is 2.53. The minimum atomic E-state index is -1.23. The van der Waals surface area contributed by atoms with Gasteiger partial charge in [-0.3, -0.25) is 9.59 Å². The van der Waals surface area contributed by atoms with Crippen LogP contribution >= 0.6 is 0 Å². The number of carbonyl (C=O) groups is 2. The first-order valence-electron chi connectivity index (χ1n) is 14.7. The van der Waals surface area contributed by atoms with Crippen molar-refractivity contribution in [3.05, 3.63) is 106 Å². The minimum Gasteiger partial charge on any atom is -0.496 e. The summed E-state index contributed by atoms with van der Waals surface area (Å²) in [4.78, 5) is 24.5. The van der Waals surface area contributed by atoms with Gasteiger partial charge in [-0.15, -0.1) is 0 Å². The van der Waals surface area contributed by atoms with Gasteiger partial charge in [-0.2, -0.15) is 0 Å². The molecule has 0 radical (unpaired) electrons. The van der Waals surface area contributed by atoms with Crippen LogP contribution in [-0.4, -0.2) is 19.0 Å². The van der Waals surface area contributed by atoms with E-state index in [-0.39, 0.29) is 17.8 Å². The average molecular weight is 593 g/mol. The van der Waals surface area contributed by atoms with E-state index in [4.69, 9.17) is 28.4 Å². The molecule has 4 aromatic rings. The number of esters is 2. The first kappa shape index (κ1) is 27.8. The van der Waals surface area contributed by atoms with E-state index in [1.165, 1.54) is 13.8 Å². The summed E-state index contributed by atoms with van der Waals surface area (Å²) in [7, 11) is 1.65. The van der Waals surface area contributed by atoms with Crippen LogP contribution in [0.3, 0.4) is 0 Å². The predicted octanol–water partition coefficient (Wildman–Crippen LogP) is 7.08. The number of hydrogen-bond acceptors (Lipinski definition) is 8. The molecule has 2 bridgehead atoms. The van der Waals surface area contributed by atoms with E-state index < -0.39 is 17.7 Å². The largest absolute Gasteiger partial charge is 0.496 e. The molecular formula is C36H32O8. The molecule has 0 aliphatic carbocycles. The Morgan fingerprint density at radius 1 is 0.841 bits per heavy atom. The quantitative estimate of drug-likeness (QED) is 0.179. The van der Waals surface area contributed by atoms with E-state index in [0.717, 1.165) is 35.1 Å². The van der Waals surface area contributed by atoms with Gasteiger partial charge in [0.2, 0.25) is 0 Å². The monoisotopic (exact) mass is 592 g/mol. The summed E-state index contributed by atoms with van der Waals surface area (Å²) >= 11 is 0. The Hall–Kier alpha value is -4.98. The summed E-state index contributed by atoms with van der Waals surface area (Å²) in [6.45, 7) is 4.44. The van der Waals surface area contributed by atoms with Gasteiger partial charge in [0, 0.05) is 66.1 Å². The van der Waals surface area contributed by atoms with Crippen molar-refractivity contribution in [2.75, 3.05) is 7.11 Å². The summed E-state index contributed by atoms with van der Waals surface area (Å²) in [5.74, 6) is 0.289. The van der Waals surface area contributed by atoms with Gasteiger partial charge in [-0.1, -0.05) is 60.7 Å². The van der Waals surface area contributed by atoms with Crippen LogP contribution in [0.4, 0.5) is 0 Å². The van der Waals surface area contributed by atoms with Crippen molar-refractivity contribution in [1.82, 2.24) is 0 Å². The third-order valence-electron chi connectivity index (χ3n) is 8.57. The highest BCUT2D eigenvalue weighted by molar-refractivity contribution is 5.76. The Bertz CT molecular complexity index is 1780. The lowest BCUT2D eigenvalue weighted by molar-refractivity contribution is -0.149. The van der Waals surface area contributed by atoms with E-state index in [2.05, 4.69) is 12.1 Å². The predicted molar refractivity (Wildman–Crippen MR) is 161 cm³/mol. The van der Waals surface area contributed by atoms with Gasteiger partial charge in [-0.05, 0) is 25.3 Å². The summed E-state index contributed by atoms with van der Waals surface area (Å²) < 4.78 is 37.8. The number of benzene rings is 4. The Balaban J connectivity index is 1.50.